The van der Waals surface area contributed by atoms with Crippen molar-refractivity contribution in [2.75, 3.05) is 23.7 Å². The van der Waals surface area contributed by atoms with Crippen LogP contribution in [-0.4, -0.2) is 50.2 Å². The van der Waals surface area contributed by atoms with Crippen LogP contribution in [0.25, 0.3) is 11.5 Å². The number of hydrogen-bond donors (Lipinski definition) is 0. The minimum Gasteiger partial charge on any atom is -0.415 e. The van der Waals surface area contributed by atoms with E-state index in [-0.39, 0.29) is 18.5 Å². The molecule has 162 valence electrons. The van der Waals surface area contributed by atoms with Gasteiger partial charge in [0.05, 0.1) is 17.8 Å². The molecule has 1 unspecified atom stereocenters. The molecule has 1 saturated heterocycles. The van der Waals surface area contributed by atoms with E-state index >= 15 is 0 Å². The molecule has 0 N–H and O–H groups in total. The maximum absolute atomic E-state index is 13.3. The average Bonchev–Trinajstić information content (AvgIpc) is 3.29. The number of anilines is 1. The average molecular weight is 445 g/mol. The molecule has 0 radical (unpaired) electrons. The SMILES string of the molecule is CC1CN(C(=O)N(Cc2ccc(-c3nnc(C(F)F)o3)cn2)c2ccccc2)CCS1. The molecule has 3 heterocycles. The molecule has 3 aromatic rings. The Morgan fingerprint density at radius 3 is 2.71 bits per heavy atom. The minimum absolute atomic E-state index is 0.0230. The van der Waals surface area contributed by atoms with Gasteiger partial charge in [-0.25, -0.2) is 4.79 Å². The Bertz CT molecular complexity index is 1020. The molecule has 1 fully saturated rings. The molecule has 0 spiro atoms. The Labute approximate surface area is 182 Å². The molecule has 2 aromatic heterocycles. The lowest BCUT2D eigenvalue weighted by Gasteiger charge is -2.35. The number of para-hydroxylation sites is 1. The zero-order valence-corrected chi connectivity index (χ0v) is 17.6. The van der Waals surface area contributed by atoms with Crippen molar-refractivity contribution in [2.45, 2.75) is 25.1 Å². The van der Waals surface area contributed by atoms with Crippen LogP contribution < -0.4 is 4.90 Å². The standard InChI is InChI=1S/C21H21F2N5O2S/c1-14-12-27(9-10-31-14)21(29)28(17-5-3-2-4-6-17)13-16-8-7-15(11-24-16)19-25-26-20(30-19)18(22)23/h2-8,11,14,18H,9-10,12-13H2,1H3. The Hall–Kier alpha value is -3.01. The first-order valence-corrected chi connectivity index (χ1v) is 10.9. The predicted molar refractivity (Wildman–Crippen MR) is 114 cm³/mol. The van der Waals surface area contributed by atoms with Gasteiger partial charge in [0.1, 0.15) is 0 Å². The summed E-state index contributed by atoms with van der Waals surface area (Å²) in [5.41, 5.74) is 1.86. The number of urea groups is 1. The van der Waals surface area contributed by atoms with Crippen molar-refractivity contribution in [3.63, 3.8) is 0 Å². The maximum Gasteiger partial charge on any atom is 0.324 e. The number of benzene rings is 1. The number of pyridine rings is 1. The summed E-state index contributed by atoms with van der Waals surface area (Å²) in [6.07, 6.45) is -1.35. The van der Waals surface area contributed by atoms with Crippen molar-refractivity contribution in [2.24, 2.45) is 0 Å². The highest BCUT2D eigenvalue weighted by molar-refractivity contribution is 7.99. The first kappa shape index (κ1) is 21.2. The molecule has 7 nitrogen and oxygen atoms in total. The molecule has 31 heavy (non-hydrogen) atoms. The molecule has 0 bridgehead atoms. The normalized spacial score (nSPS) is 16.5. The lowest BCUT2D eigenvalue weighted by molar-refractivity contribution is 0.116. The fraction of sp³-hybridized carbons (Fsp3) is 0.333. The first-order chi connectivity index (χ1) is 15.0. The summed E-state index contributed by atoms with van der Waals surface area (Å²) in [7, 11) is 0. The minimum atomic E-state index is -2.82. The summed E-state index contributed by atoms with van der Waals surface area (Å²) in [5.74, 6) is 0.159. The zero-order valence-electron chi connectivity index (χ0n) is 16.8. The van der Waals surface area contributed by atoms with Crippen molar-refractivity contribution < 1.29 is 18.0 Å². The molecule has 4 rings (SSSR count). The fourth-order valence-corrected chi connectivity index (χ4v) is 4.30. The number of thioether (sulfide) groups is 1. The van der Waals surface area contributed by atoms with Gasteiger partial charge in [-0.3, -0.25) is 9.88 Å². The summed E-state index contributed by atoms with van der Waals surface area (Å²) in [6.45, 7) is 3.79. The highest BCUT2D eigenvalue weighted by Gasteiger charge is 2.27. The predicted octanol–water partition coefficient (Wildman–Crippen LogP) is 4.63. The van der Waals surface area contributed by atoms with Crippen LogP contribution in [0.1, 0.15) is 24.9 Å². The van der Waals surface area contributed by atoms with E-state index in [0.717, 1.165) is 11.4 Å². The lowest BCUT2D eigenvalue weighted by Crippen LogP contribution is -2.48. The largest absolute Gasteiger partial charge is 0.415 e. The van der Waals surface area contributed by atoms with E-state index in [1.54, 1.807) is 17.0 Å². The van der Waals surface area contributed by atoms with E-state index < -0.39 is 12.3 Å². The van der Waals surface area contributed by atoms with Gasteiger partial charge >= 0.3 is 12.5 Å². The number of aromatic nitrogens is 3. The van der Waals surface area contributed by atoms with E-state index in [9.17, 15) is 13.6 Å². The fourth-order valence-electron chi connectivity index (χ4n) is 3.29. The number of halogens is 2. The number of amides is 2. The Morgan fingerprint density at radius 1 is 1.26 bits per heavy atom. The first-order valence-electron chi connectivity index (χ1n) is 9.81. The molecule has 0 saturated carbocycles. The second kappa shape index (κ2) is 9.42. The maximum atomic E-state index is 13.3. The lowest BCUT2D eigenvalue weighted by atomic mass is 10.2. The number of carbonyl (C=O) groups is 1. The molecule has 10 heteroatoms. The van der Waals surface area contributed by atoms with Gasteiger partial charge < -0.3 is 9.32 Å². The van der Waals surface area contributed by atoms with Gasteiger partial charge in [-0.05, 0) is 24.3 Å². The van der Waals surface area contributed by atoms with E-state index in [1.165, 1.54) is 6.20 Å². The summed E-state index contributed by atoms with van der Waals surface area (Å²) in [5, 5.41) is 7.35. The third-order valence-corrected chi connectivity index (χ3v) is 5.97. The monoisotopic (exact) mass is 445 g/mol. The molecular weight excluding hydrogens is 424 g/mol. The van der Waals surface area contributed by atoms with Crippen LogP contribution in [0.2, 0.25) is 0 Å². The topological polar surface area (TPSA) is 75.4 Å². The van der Waals surface area contributed by atoms with Crippen molar-refractivity contribution in [1.82, 2.24) is 20.1 Å². The van der Waals surface area contributed by atoms with Gasteiger partial charge in [-0.2, -0.15) is 20.5 Å². The van der Waals surface area contributed by atoms with Crippen LogP contribution in [0.4, 0.5) is 19.3 Å². The van der Waals surface area contributed by atoms with Crippen LogP contribution in [-0.2, 0) is 6.54 Å². The smallest absolute Gasteiger partial charge is 0.324 e. The van der Waals surface area contributed by atoms with Crippen molar-refractivity contribution in [3.05, 3.63) is 60.2 Å². The molecule has 0 aliphatic carbocycles. The third-order valence-electron chi connectivity index (χ3n) is 4.83. The number of hydrogen-bond acceptors (Lipinski definition) is 6. The Balaban J connectivity index is 1.54. The van der Waals surface area contributed by atoms with Crippen LogP contribution in [0.15, 0.2) is 53.1 Å². The molecule has 1 atom stereocenters. The summed E-state index contributed by atoms with van der Waals surface area (Å²) in [6, 6.07) is 12.8. The van der Waals surface area contributed by atoms with Crippen LogP contribution in [0.5, 0.6) is 0 Å². The van der Waals surface area contributed by atoms with E-state index in [0.29, 0.717) is 29.6 Å². The Kier molecular flexibility index (Phi) is 6.45. The van der Waals surface area contributed by atoms with Gasteiger partial charge in [-0.15, -0.1) is 10.2 Å². The van der Waals surface area contributed by atoms with Gasteiger partial charge in [-0.1, -0.05) is 25.1 Å². The number of carbonyl (C=O) groups excluding carboxylic acids is 1. The van der Waals surface area contributed by atoms with Crippen LogP contribution in [0.3, 0.4) is 0 Å². The molecular formula is C21H21F2N5O2S. The molecule has 2 amide bonds. The van der Waals surface area contributed by atoms with Gasteiger partial charge in [0, 0.05) is 36.0 Å². The van der Waals surface area contributed by atoms with E-state index in [4.69, 9.17) is 4.42 Å². The second-order valence-electron chi connectivity index (χ2n) is 7.12. The van der Waals surface area contributed by atoms with Crippen molar-refractivity contribution in [3.8, 4) is 11.5 Å². The van der Waals surface area contributed by atoms with Gasteiger partial charge in [0.2, 0.25) is 5.89 Å². The van der Waals surface area contributed by atoms with Crippen molar-refractivity contribution >= 4 is 23.5 Å². The van der Waals surface area contributed by atoms with E-state index in [1.807, 2.05) is 47.0 Å². The molecule has 1 aromatic carbocycles. The molecule has 1 aliphatic heterocycles. The van der Waals surface area contributed by atoms with Gasteiger partial charge in [0.15, 0.2) is 0 Å². The van der Waals surface area contributed by atoms with E-state index in [2.05, 4.69) is 22.1 Å². The third kappa shape index (κ3) is 5.01. The zero-order chi connectivity index (χ0) is 21.8. The van der Waals surface area contributed by atoms with Gasteiger partial charge in [0.25, 0.3) is 5.89 Å². The quantitative estimate of drug-likeness (QED) is 0.570. The van der Waals surface area contributed by atoms with Crippen molar-refractivity contribution in [1.29, 1.82) is 0 Å². The van der Waals surface area contributed by atoms with Crippen LogP contribution in [0, 0.1) is 0 Å². The second-order valence-corrected chi connectivity index (χ2v) is 8.66. The van der Waals surface area contributed by atoms with Crippen LogP contribution >= 0.6 is 11.8 Å². The highest BCUT2D eigenvalue weighted by Crippen LogP contribution is 2.25. The number of nitrogens with zero attached hydrogens (tertiary/aromatic N) is 5. The summed E-state index contributed by atoms with van der Waals surface area (Å²) >= 11 is 1.86. The Morgan fingerprint density at radius 2 is 2.06 bits per heavy atom. The molecule has 1 aliphatic rings. The summed E-state index contributed by atoms with van der Waals surface area (Å²) in [4.78, 5) is 21.3. The summed E-state index contributed by atoms with van der Waals surface area (Å²) < 4.78 is 30.3. The number of alkyl halides is 2. The number of rotatable bonds is 5. The highest BCUT2D eigenvalue weighted by atomic mass is 32.2.